The Morgan fingerprint density at radius 3 is 2.55 bits per heavy atom. The summed E-state index contributed by atoms with van der Waals surface area (Å²) >= 11 is 0. The molecule has 0 aromatic rings. The minimum atomic E-state index is -1.75. The van der Waals surface area contributed by atoms with Gasteiger partial charge in [0.1, 0.15) is 0 Å². The van der Waals surface area contributed by atoms with Crippen molar-refractivity contribution in [3.05, 3.63) is 11.6 Å². The van der Waals surface area contributed by atoms with E-state index in [0.717, 1.165) is 25.2 Å². The number of esters is 1. The van der Waals surface area contributed by atoms with Gasteiger partial charge in [-0.2, -0.15) is 0 Å². The van der Waals surface area contributed by atoms with Gasteiger partial charge in [-0.1, -0.05) is 46.3 Å². The third-order valence-electron chi connectivity index (χ3n) is 11.0. The van der Waals surface area contributed by atoms with E-state index in [4.69, 9.17) is 10.5 Å². The van der Waals surface area contributed by atoms with Crippen molar-refractivity contribution in [2.24, 2.45) is 34.5 Å². The quantitative estimate of drug-likeness (QED) is 0.230. The van der Waals surface area contributed by atoms with Crippen LogP contribution in [0.2, 0.25) is 18.1 Å². The lowest BCUT2D eigenvalue weighted by Gasteiger charge is -2.58. The van der Waals surface area contributed by atoms with Crippen molar-refractivity contribution >= 4 is 14.3 Å². The van der Waals surface area contributed by atoms with Crippen molar-refractivity contribution in [3.63, 3.8) is 0 Å². The Morgan fingerprint density at radius 1 is 1.15 bits per heavy atom. The van der Waals surface area contributed by atoms with Crippen LogP contribution in [0, 0.1) is 34.5 Å². The number of carbonyl (C=O) groups is 1. The van der Waals surface area contributed by atoms with Crippen LogP contribution in [0.3, 0.4) is 0 Å². The molecule has 0 heterocycles. The highest BCUT2D eigenvalue weighted by Gasteiger charge is 2.59. The van der Waals surface area contributed by atoms with Gasteiger partial charge in [0.25, 0.3) is 0 Å². The molecule has 3 fully saturated rings. The van der Waals surface area contributed by atoms with Crippen molar-refractivity contribution in [2.45, 2.75) is 124 Å². The van der Waals surface area contributed by atoms with Gasteiger partial charge < -0.3 is 9.16 Å². The minimum absolute atomic E-state index is 0.102. The second-order valence-corrected chi connectivity index (χ2v) is 18.4. The zero-order chi connectivity index (χ0) is 25.1. The Kier molecular flexibility index (Phi) is 6.43. The third kappa shape index (κ3) is 4.41. The maximum Gasteiger partial charge on any atom is 0.306 e. The summed E-state index contributed by atoms with van der Waals surface area (Å²) in [5, 5.41) is 0.256. The summed E-state index contributed by atoms with van der Waals surface area (Å²) in [5.41, 5.74) is 2.08. The van der Waals surface area contributed by atoms with Crippen LogP contribution < -0.4 is 0 Å². The first kappa shape index (κ1) is 24.1. The molecule has 4 heteroatoms. The summed E-state index contributed by atoms with van der Waals surface area (Å²) in [6.45, 7) is 19.0. The van der Waals surface area contributed by atoms with Gasteiger partial charge in [0.2, 0.25) is 0 Å². The first-order valence-corrected chi connectivity index (χ1v) is 16.6. The second kappa shape index (κ2) is 8.80. The average Bonchev–Trinajstić information content (AvgIpc) is 3.09. The molecule has 0 aromatic carbocycles. The molecule has 33 heavy (non-hydrogen) atoms. The van der Waals surface area contributed by atoms with Crippen molar-refractivity contribution in [3.8, 4) is 0 Å². The molecule has 0 aliphatic heterocycles. The van der Waals surface area contributed by atoms with Crippen LogP contribution in [-0.4, -0.2) is 27.0 Å². The fourth-order valence-electron chi connectivity index (χ4n) is 7.99. The molecule has 0 bridgehead atoms. The summed E-state index contributed by atoms with van der Waals surface area (Å²) in [4.78, 5) is 12.4. The lowest BCUT2D eigenvalue weighted by atomic mass is 9.47. The van der Waals surface area contributed by atoms with E-state index in [2.05, 4.69) is 53.8 Å². The third-order valence-corrected chi connectivity index (χ3v) is 15.6. The standard InChI is InChI=1S/C29H50O3Si/c1-9-31-26(30)19-21-11-13-24-23-12-10-20-18-22(32-33(7,8)27(2,3)4)14-16-28(20,5)25(23)15-17-29(21,24)6/h10,21-25H,9,11-19H2,1-8H3/t21-,22+,23+,24+,25+,28+,29-/m1/s1/i19D/t19-,21+,22-,23-,24-,25-,28-,29+/m0. The van der Waals surface area contributed by atoms with Crippen molar-refractivity contribution in [2.75, 3.05) is 6.61 Å². The van der Waals surface area contributed by atoms with Crippen LogP contribution >= 0.6 is 0 Å². The van der Waals surface area contributed by atoms with Crippen LogP contribution in [0.4, 0.5) is 0 Å². The summed E-state index contributed by atoms with van der Waals surface area (Å²) < 4.78 is 20.8. The van der Waals surface area contributed by atoms with Gasteiger partial charge in [0.05, 0.1) is 6.61 Å². The molecule has 3 saturated carbocycles. The molecule has 0 amide bonds. The van der Waals surface area contributed by atoms with Gasteiger partial charge in [-0.15, -0.1) is 0 Å². The summed E-state index contributed by atoms with van der Waals surface area (Å²) in [6, 6.07) is 0. The Hall–Kier alpha value is -0.613. The maximum absolute atomic E-state index is 12.4. The molecule has 0 aromatic heterocycles. The number of ether oxygens (including phenoxy) is 1. The maximum atomic E-state index is 12.4. The van der Waals surface area contributed by atoms with Gasteiger partial charge in [0, 0.05) is 13.9 Å². The minimum Gasteiger partial charge on any atom is -0.466 e. The molecule has 0 unspecified atom stereocenters. The first-order valence-electron chi connectivity index (χ1n) is 14.3. The molecule has 0 spiro atoms. The highest BCUT2D eigenvalue weighted by Crippen LogP contribution is 2.66. The Balaban J connectivity index is 1.50. The number of hydrogen-bond donors (Lipinski definition) is 0. The topological polar surface area (TPSA) is 35.5 Å². The second-order valence-electron chi connectivity index (χ2n) is 13.6. The first-order chi connectivity index (χ1) is 15.7. The molecule has 8 atom stereocenters. The van der Waals surface area contributed by atoms with E-state index in [0.29, 0.717) is 30.0 Å². The summed E-state index contributed by atoms with van der Waals surface area (Å²) in [6.07, 6.45) is 11.6. The summed E-state index contributed by atoms with van der Waals surface area (Å²) in [5.74, 6) is 1.91. The van der Waals surface area contributed by atoms with Crippen LogP contribution in [0.5, 0.6) is 0 Å². The van der Waals surface area contributed by atoms with E-state index in [-0.39, 0.29) is 22.3 Å². The molecular weight excluding hydrogens is 424 g/mol. The molecule has 0 saturated heterocycles. The number of rotatable bonds is 5. The van der Waals surface area contributed by atoms with E-state index in [1.165, 1.54) is 32.1 Å². The van der Waals surface area contributed by atoms with Gasteiger partial charge >= 0.3 is 5.97 Å². The van der Waals surface area contributed by atoms with Crippen molar-refractivity contribution in [1.82, 2.24) is 0 Å². The number of fused-ring (bicyclic) bond motifs is 5. The van der Waals surface area contributed by atoms with E-state index in [9.17, 15) is 4.79 Å². The Morgan fingerprint density at radius 2 is 1.88 bits per heavy atom. The predicted molar refractivity (Wildman–Crippen MR) is 139 cm³/mol. The van der Waals surface area contributed by atoms with Crippen molar-refractivity contribution in [1.29, 1.82) is 0 Å². The molecule has 4 aliphatic carbocycles. The lowest BCUT2D eigenvalue weighted by molar-refractivity contribution is -0.146. The fraction of sp³-hybridized carbons (Fsp3) is 0.897. The molecule has 3 nitrogen and oxygen atoms in total. The zero-order valence-corrected chi connectivity index (χ0v) is 23.6. The number of carbonyl (C=O) groups excluding carboxylic acids is 1. The average molecular weight is 476 g/mol. The Bertz CT molecular complexity index is 817. The normalized spacial score (nSPS) is 42.4. The Labute approximate surface area is 206 Å². The van der Waals surface area contributed by atoms with Crippen molar-refractivity contribution < 1.29 is 15.3 Å². The largest absolute Gasteiger partial charge is 0.466 e. The molecule has 0 N–H and O–H groups in total. The molecule has 4 aliphatic rings. The van der Waals surface area contributed by atoms with E-state index in [1.54, 1.807) is 5.57 Å². The molecule has 4 rings (SSSR count). The van der Waals surface area contributed by atoms with Crippen LogP contribution in [-0.2, 0) is 14.0 Å². The smallest absolute Gasteiger partial charge is 0.306 e. The predicted octanol–water partition coefficient (Wildman–Crippen LogP) is 7.91. The molecule has 188 valence electrons. The van der Waals surface area contributed by atoms with Gasteiger partial charge in [-0.3, -0.25) is 4.79 Å². The van der Waals surface area contributed by atoms with Gasteiger partial charge in [0.15, 0.2) is 8.32 Å². The van der Waals surface area contributed by atoms with E-state index in [1.807, 2.05) is 6.92 Å². The SMILES string of the molecule is [2H][C@H](C(=O)OCC)[C@H]1CC[C@H]2[C@@H]3CC=C4C[C@@H](O[Si](C)(C)C(C)(C)C)CC[C@]4(C)[C@H]3CC[C@]12C. The molecule has 0 radical (unpaired) electrons. The van der Waals surface area contributed by atoms with Crippen LogP contribution in [0.1, 0.15) is 101 Å². The zero-order valence-electron chi connectivity index (χ0n) is 23.6. The number of hydrogen-bond acceptors (Lipinski definition) is 3. The van der Waals surface area contributed by atoms with Gasteiger partial charge in [-0.05, 0) is 111 Å². The monoisotopic (exact) mass is 475 g/mol. The number of allylic oxidation sites excluding steroid dienone is 1. The fourth-order valence-corrected chi connectivity index (χ4v) is 9.38. The highest BCUT2D eigenvalue weighted by molar-refractivity contribution is 6.74. The highest BCUT2D eigenvalue weighted by atomic mass is 28.4. The van der Waals surface area contributed by atoms with Gasteiger partial charge in [-0.25, -0.2) is 0 Å². The summed E-state index contributed by atoms with van der Waals surface area (Å²) in [7, 11) is -1.75. The van der Waals surface area contributed by atoms with Crippen LogP contribution in [0.15, 0.2) is 11.6 Å². The molecular formula is C29H50O3Si. The van der Waals surface area contributed by atoms with E-state index >= 15 is 0 Å². The van der Waals surface area contributed by atoms with Crippen LogP contribution in [0.25, 0.3) is 0 Å². The van der Waals surface area contributed by atoms with E-state index < -0.39 is 14.7 Å². The lowest BCUT2D eigenvalue weighted by Crippen LogP contribution is -2.52.